The molecule has 1 heterocycles. The number of carbonyl (C=O) groups is 1. The molecule has 1 aliphatic heterocycles. The minimum Gasteiger partial charge on any atom is -0.340 e. The number of nitrogens with two attached hydrogens (primary N) is 1. The molecular weight excluding hydrogens is 214 g/mol. The predicted octanol–water partition coefficient (Wildman–Crippen LogP) is 0.772. The van der Waals surface area contributed by atoms with Gasteiger partial charge in [0, 0.05) is 32.7 Å². The first kappa shape index (κ1) is 14.5. The molecule has 4 heteroatoms. The Morgan fingerprint density at radius 3 is 2.24 bits per heavy atom. The van der Waals surface area contributed by atoms with Gasteiger partial charge in [0.15, 0.2) is 0 Å². The molecule has 0 spiro atoms. The first-order chi connectivity index (χ1) is 8.10. The zero-order valence-corrected chi connectivity index (χ0v) is 11.5. The number of hydrogen-bond donors (Lipinski definition) is 1. The van der Waals surface area contributed by atoms with Crippen LogP contribution in [0.3, 0.4) is 0 Å². The summed E-state index contributed by atoms with van der Waals surface area (Å²) in [4.78, 5) is 16.7. The second-order valence-electron chi connectivity index (χ2n) is 5.25. The fourth-order valence-corrected chi connectivity index (χ4v) is 2.40. The summed E-state index contributed by atoms with van der Waals surface area (Å²) in [7, 11) is 0. The van der Waals surface area contributed by atoms with Crippen molar-refractivity contribution in [2.24, 2.45) is 17.6 Å². The molecule has 100 valence electrons. The molecule has 0 aromatic rings. The van der Waals surface area contributed by atoms with E-state index in [0.29, 0.717) is 12.5 Å². The second kappa shape index (κ2) is 6.97. The smallest absolute Gasteiger partial charge is 0.227 e. The average Bonchev–Trinajstić information content (AvgIpc) is 2.30. The third kappa shape index (κ3) is 3.96. The van der Waals surface area contributed by atoms with Crippen LogP contribution in [0, 0.1) is 11.8 Å². The summed E-state index contributed by atoms with van der Waals surface area (Å²) in [6.45, 7) is 11.7. The Bertz CT molecular complexity index is 235. The van der Waals surface area contributed by atoms with Gasteiger partial charge < -0.3 is 10.6 Å². The van der Waals surface area contributed by atoms with Gasteiger partial charge in [-0.15, -0.1) is 0 Å². The van der Waals surface area contributed by atoms with Crippen molar-refractivity contribution >= 4 is 5.91 Å². The van der Waals surface area contributed by atoms with Crippen LogP contribution in [-0.4, -0.2) is 55.0 Å². The van der Waals surface area contributed by atoms with Crippen molar-refractivity contribution in [1.29, 1.82) is 0 Å². The number of amides is 1. The van der Waals surface area contributed by atoms with Gasteiger partial charge >= 0.3 is 0 Å². The Labute approximate surface area is 105 Å². The SMILES string of the molecule is CCCN1CCN(C(=O)C(CN)C(C)C)CC1. The van der Waals surface area contributed by atoms with Crippen molar-refractivity contribution in [3.05, 3.63) is 0 Å². The van der Waals surface area contributed by atoms with Gasteiger partial charge in [0.25, 0.3) is 0 Å². The van der Waals surface area contributed by atoms with Gasteiger partial charge in [0.2, 0.25) is 5.91 Å². The molecule has 2 N–H and O–H groups in total. The Morgan fingerprint density at radius 2 is 1.82 bits per heavy atom. The first-order valence-electron chi connectivity index (χ1n) is 6.81. The van der Waals surface area contributed by atoms with E-state index in [0.717, 1.165) is 32.7 Å². The summed E-state index contributed by atoms with van der Waals surface area (Å²) in [5, 5.41) is 0. The molecule has 1 amide bonds. The van der Waals surface area contributed by atoms with E-state index in [9.17, 15) is 4.79 Å². The summed E-state index contributed by atoms with van der Waals surface area (Å²) in [5.74, 6) is 0.576. The van der Waals surface area contributed by atoms with Crippen LogP contribution in [-0.2, 0) is 4.79 Å². The van der Waals surface area contributed by atoms with E-state index in [1.54, 1.807) is 0 Å². The summed E-state index contributed by atoms with van der Waals surface area (Å²) in [6, 6.07) is 0. The van der Waals surface area contributed by atoms with Gasteiger partial charge in [-0.3, -0.25) is 9.69 Å². The van der Waals surface area contributed by atoms with E-state index in [-0.39, 0.29) is 11.8 Å². The lowest BCUT2D eigenvalue weighted by Crippen LogP contribution is -2.51. The van der Waals surface area contributed by atoms with Gasteiger partial charge in [0.1, 0.15) is 0 Å². The van der Waals surface area contributed by atoms with Crippen molar-refractivity contribution in [2.45, 2.75) is 27.2 Å². The molecule has 1 saturated heterocycles. The molecular formula is C13H27N3O. The largest absolute Gasteiger partial charge is 0.340 e. The number of nitrogens with zero attached hydrogens (tertiary/aromatic N) is 2. The second-order valence-corrected chi connectivity index (χ2v) is 5.25. The third-order valence-corrected chi connectivity index (χ3v) is 3.60. The third-order valence-electron chi connectivity index (χ3n) is 3.60. The molecule has 17 heavy (non-hydrogen) atoms. The van der Waals surface area contributed by atoms with Crippen molar-refractivity contribution in [3.8, 4) is 0 Å². The average molecular weight is 241 g/mol. The highest BCUT2D eigenvalue weighted by Gasteiger charge is 2.28. The van der Waals surface area contributed by atoms with E-state index in [2.05, 4.69) is 25.7 Å². The molecule has 0 aromatic carbocycles. The predicted molar refractivity (Wildman–Crippen MR) is 70.7 cm³/mol. The maximum atomic E-state index is 12.3. The van der Waals surface area contributed by atoms with Gasteiger partial charge in [-0.1, -0.05) is 20.8 Å². The van der Waals surface area contributed by atoms with Crippen molar-refractivity contribution in [1.82, 2.24) is 9.80 Å². The molecule has 1 unspecified atom stereocenters. The van der Waals surface area contributed by atoms with Crippen molar-refractivity contribution in [2.75, 3.05) is 39.3 Å². The van der Waals surface area contributed by atoms with Gasteiger partial charge in [-0.2, -0.15) is 0 Å². The van der Waals surface area contributed by atoms with Crippen LogP contribution in [0.25, 0.3) is 0 Å². The van der Waals surface area contributed by atoms with E-state index < -0.39 is 0 Å². The first-order valence-corrected chi connectivity index (χ1v) is 6.81. The highest BCUT2D eigenvalue weighted by atomic mass is 16.2. The van der Waals surface area contributed by atoms with Crippen LogP contribution in [0.1, 0.15) is 27.2 Å². The molecule has 1 aliphatic rings. The summed E-state index contributed by atoms with van der Waals surface area (Å²) in [5.41, 5.74) is 5.70. The van der Waals surface area contributed by atoms with Gasteiger partial charge in [-0.25, -0.2) is 0 Å². The van der Waals surface area contributed by atoms with Crippen molar-refractivity contribution < 1.29 is 4.79 Å². The summed E-state index contributed by atoms with van der Waals surface area (Å²) < 4.78 is 0. The number of piperazine rings is 1. The normalized spacial score (nSPS) is 19.7. The molecule has 0 bridgehead atoms. The van der Waals surface area contributed by atoms with Crippen LogP contribution in [0.2, 0.25) is 0 Å². The Kier molecular flexibility index (Phi) is 5.92. The summed E-state index contributed by atoms with van der Waals surface area (Å²) in [6.07, 6.45) is 1.19. The maximum absolute atomic E-state index is 12.3. The molecule has 1 atom stereocenters. The monoisotopic (exact) mass is 241 g/mol. The Morgan fingerprint density at radius 1 is 1.24 bits per heavy atom. The highest BCUT2D eigenvalue weighted by Crippen LogP contribution is 2.14. The molecule has 0 aromatic heterocycles. The summed E-state index contributed by atoms with van der Waals surface area (Å²) >= 11 is 0. The number of hydrogen-bond acceptors (Lipinski definition) is 3. The van der Waals surface area contributed by atoms with E-state index >= 15 is 0 Å². The minimum absolute atomic E-state index is 0.00674. The molecule has 0 radical (unpaired) electrons. The van der Waals surface area contributed by atoms with Crippen LogP contribution in [0.5, 0.6) is 0 Å². The fourth-order valence-electron chi connectivity index (χ4n) is 2.40. The lowest BCUT2D eigenvalue weighted by molar-refractivity contribution is -0.138. The van der Waals surface area contributed by atoms with Gasteiger partial charge in [0.05, 0.1) is 5.92 Å². The highest BCUT2D eigenvalue weighted by molar-refractivity contribution is 5.79. The van der Waals surface area contributed by atoms with E-state index in [1.807, 2.05) is 4.90 Å². The van der Waals surface area contributed by atoms with Crippen LogP contribution in [0.4, 0.5) is 0 Å². The maximum Gasteiger partial charge on any atom is 0.227 e. The lowest BCUT2D eigenvalue weighted by atomic mass is 9.94. The topological polar surface area (TPSA) is 49.6 Å². The molecule has 0 saturated carbocycles. The quantitative estimate of drug-likeness (QED) is 0.773. The minimum atomic E-state index is -0.00674. The van der Waals surface area contributed by atoms with Crippen LogP contribution < -0.4 is 5.73 Å². The number of carbonyl (C=O) groups excluding carboxylic acids is 1. The molecule has 1 rings (SSSR count). The van der Waals surface area contributed by atoms with Crippen LogP contribution in [0.15, 0.2) is 0 Å². The Hall–Kier alpha value is -0.610. The van der Waals surface area contributed by atoms with Crippen LogP contribution >= 0.6 is 0 Å². The zero-order valence-electron chi connectivity index (χ0n) is 11.5. The standard InChI is InChI=1S/C13H27N3O/c1-4-5-15-6-8-16(9-7-15)13(17)12(10-14)11(2)3/h11-12H,4-10,14H2,1-3H3. The Balaban J connectivity index is 2.45. The zero-order chi connectivity index (χ0) is 12.8. The lowest BCUT2D eigenvalue weighted by Gasteiger charge is -2.36. The molecule has 1 fully saturated rings. The molecule has 4 nitrogen and oxygen atoms in total. The molecule has 0 aliphatic carbocycles. The van der Waals surface area contributed by atoms with E-state index in [4.69, 9.17) is 5.73 Å². The van der Waals surface area contributed by atoms with Gasteiger partial charge in [-0.05, 0) is 18.9 Å². The van der Waals surface area contributed by atoms with Crippen molar-refractivity contribution in [3.63, 3.8) is 0 Å². The number of rotatable bonds is 5. The fraction of sp³-hybridized carbons (Fsp3) is 0.923. The van der Waals surface area contributed by atoms with E-state index in [1.165, 1.54) is 6.42 Å².